The Hall–Kier alpha value is -1.46. The summed E-state index contributed by atoms with van der Waals surface area (Å²) < 4.78 is 15.7. The van der Waals surface area contributed by atoms with Gasteiger partial charge in [-0.05, 0) is 37.6 Å². The smallest absolute Gasteiger partial charge is 0.150 e. The summed E-state index contributed by atoms with van der Waals surface area (Å²) in [5, 5.41) is 12.2. The van der Waals surface area contributed by atoms with E-state index in [2.05, 4.69) is 29.5 Å². The number of benzene rings is 1. The first-order valence-electron chi connectivity index (χ1n) is 7.25. The molecule has 1 aromatic carbocycles. The van der Waals surface area contributed by atoms with Crippen LogP contribution in [-0.2, 0) is 6.42 Å². The van der Waals surface area contributed by atoms with E-state index in [1.807, 2.05) is 6.92 Å². The monoisotopic (exact) mass is 310 g/mol. The van der Waals surface area contributed by atoms with Crippen molar-refractivity contribution in [3.8, 4) is 5.69 Å². The van der Waals surface area contributed by atoms with Gasteiger partial charge >= 0.3 is 0 Å². The molecule has 2 rings (SSSR count). The average molecular weight is 311 g/mol. The maximum Gasteiger partial charge on any atom is 0.150 e. The van der Waals surface area contributed by atoms with E-state index in [1.54, 1.807) is 16.8 Å². The minimum absolute atomic E-state index is 0.133. The zero-order chi connectivity index (χ0) is 15.4. The highest BCUT2D eigenvalue weighted by molar-refractivity contribution is 6.30. The van der Waals surface area contributed by atoms with Crippen LogP contribution in [0.4, 0.5) is 4.39 Å². The molecule has 0 spiro atoms. The van der Waals surface area contributed by atoms with Crippen molar-refractivity contribution >= 4 is 11.6 Å². The van der Waals surface area contributed by atoms with Crippen LogP contribution in [0.3, 0.4) is 0 Å². The van der Waals surface area contributed by atoms with Crippen LogP contribution in [0.2, 0.25) is 5.02 Å². The molecular weight excluding hydrogens is 291 g/mol. The zero-order valence-corrected chi connectivity index (χ0v) is 13.3. The van der Waals surface area contributed by atoms with Gasteiger partial charge in [-0.3, -0.25) is 0 Å². The summed E-state index contributed by atoms with van der Waals surface area (Å²) >= 11 is 5.80. The summed E-state index contributed by atoms with van der Waals surface area (Å²) in [5.74, 6) is -0.398. The zero-order valence-electron chi connectivity index (χ0n) is 12.5. The first kappa shape index (κ1) is 15.9. The third-order valence-electron chi connectivity index (χ3n) is 3.45. The first-order chi connectivity index (χ1) is 10.1. The SMILES string of the molecule is CCNC(CC)c1nnn(-c2ccc(Cl)cc2F)c1CC. The molecule has 2 aromatic rings. The maximum atomic E-state index is 14.1. The number of hydrogen-bond donors (Lipinski definition) is 1. The Labute approximate surface area is 129 Å². The second-order valence-electron chi connectivity index (χ2n) is 4.80. The van der Waals surface area contributed by atoms with Gasteiger partial charge in [0.1, 0.15) is 17.2 Å². The van der Waals surface area contributed by atoms with Crippen LogP contribution in [0.15, 0.2) is 18.2 Å². The molecule has 0 saturated carbocycles. The summed E-state index contributed by atoms with van der Waals surface area (Å²) in [4.78, 5) is 0. The van der Waals surface area contributed by atoms with Gasteiger partial charge in [0.15, 0.2) is 0 Å². The van der Waals surface area contributed by atoms with Crippen LogP contribution in [0.5, 0.6) is 0 Å². The highest BCUT2D eigenvalue weighted by atomic mass is 35.5. The number of rotatable bonds is 6. The minimum Gasteiger partial charge on any atom is -0.309 e. The second kappa shape index (κ2) is 7.00. The Morgan fingerprint density at radius 3 is 2.67 bits per heavy atom. The van der Waals surface area contributed by atoms with Crippen molar-refractivity contribution in [3.05, 3.63) is 40.4 Å². The largest absolute Gasteiger partial charge is 0.309 e. The van der Waals surface area contributed by atoms with Crippen molar-refractivity contribution in [1.82, 2.24) is 20.3 Å². The predicted molar refractivity (Wildman–Crippen MR) is 82.4 cm³/mol. The lowest BCUT2D eigenvalue weighted by atomic mass is 10.1. The predicted octanol–water partition coefficient (Wildman–Crippen LogP) is 3.68. The standard InChI is InChI=1S/C15H20ClFN4/c1-4-12(18-6-3)15-13(5-2)21(20-19-15)14-8-7-10(16)9-11(14)17/h7-9,12,18H,4-6H2,1-3H3. The number of hydrogen-bond acceptors (Lipinski definition) is 3. The molecule has 114 valence electrons. The number of nitrogens with zero attached hydrogens (tertiary/aromatic N) is 3. The van der Waals surface area contributed by atoms with E-state index in [9.17, 15) is 4.39 Å². The molecule has 0 aliphatic carbocycles. The molecule has 0 amide bonds. The Bertz CT molecular complexity index is 612. The molecule has 1 aromatic heterocycles. The summed E-state index contributed by atoms with van der Waals surface area (Å²) in [6.07, 6.45) is 1.63. The highest BCUT2D eigenvalue weighted by Crippen LogP contribution is 2.24. The molecule has 1 heterocycles. The number of halogens is 2. The molecule has 6 heteroatoms. The van der Waals surface area contributed by atoms with Gasteiger partial charge in [0.05, 0.1) is 11.7 Å². The highest BCUT2D eigenvalue weighted by Gasteiger charge is 2.21. The lowest BCUT2D eigenvalue weighted by molar-refractivity contribution is 0.520. The maximum absolute atomic E-state index is 14.1. The van der Waals surface area contributed by atoms with Gasteiger partial charge in [0, 0.05) is 5.02 Å². The molecule has 4 nitrogen and oxygen atoms in total. The molecule has 1 unspecified atom stereocenters. The van der Waals surface area contributed by atoms with Crippen LogP contribution in [0, 0.1) is 5.82 Å². The molecule has 0 fully saturated rings. The first-order valence-corrected chi connectivity index (χ1v) is 7.63. The normalized spacial score (nSPS) is 12.6. The van der Waals surface area contributed by atoms with E-state index in [0.29, 0.717) is 10.7 Å². The molecule has 1 N–H and O–H groups in total. The summed E-state index contributed by atoms with van der Waals surface area (Å²) in [7, 11) is 0. The topological polar surface area (TPSA) is 42.7 Å². The second-order valence-corrected chi connectivity index (χ2v) is 5.24. The van der Waals surface area contributed by atoms with Gasteiger partial charge in [0.25, 0.3) is 0 Å². The van der Waals surface area contributed by atoms with Crippen LogP contribution >= 0.6 is 11.6 Å². The van der Waals surface area contributed by atoms with Crippen molar-refractivity contribution in [3.63, 3.8) is 0 Å². The van der Waals surface area contributed by atoms with E-state index in [4.69, 9.17) is 11.6 Å². The quantitative estimate of drug-likeness (QED) is 0.885. The van der Waals surface area contributed by atoms with Crippen molar-refractivity contribution < 1.29 is 4.39 Å². The summed E-state index contributed by atoms with van der Waals surface area (Å²) in [6, 6.07) is 4.71. The van der Waals surface area contributed by atoms with E-state index in [0.717, 1.165) is 30.8 Å². The van der Waals surface area contributed by atoms with E-state index < -0.39 is 5.82 Å². The van der Waals surface area contributed by atoms with Crippen molar-refractivity contribution in [1.29, 1.82) is 0 Å². The van der Waals surface area contributed by atoms with Crippen molar-refractivity contribution in [2.75, 3.05) is 6.54 Å². The Morgan fingerprint density at radius 1 is 1.33 bits per heavy atom. The summed E-state index contributed by atoms with van der Waals surface area (Å²) in [6.45, 7) is 7.02. The van der Waals surface area contributed by atoms with E-state index in [1.165, 1.54) is 6.07 Å². The third-order valence-corrected chi connectivity index (χ3v) is 3.69. The van der Waals surface area contributed by atoms with Crippen LogP contribution in [0.1, 0.15) is 44.6 Å². The van der Waals surface area contributed by atoms with Crippen molar-refractivity contribution in [2.45, 2.75) is 39.7 Å². The Morgan fingerprint density at radius 2 is 2.10 bits per heavy atom. The Balaban J connectivity index is 2.48. The van der Waals surface area contributed by atoms with Gasteiger partial charge in [-0.2, -0.15) is 0 Å². The molecular formula is C15H20ClFN4. The molecule has 1 atom stereocenters. The van der Waals surface area contributed by atoms with Crippen LogP contribution in [0.25, 0.3) is 5.69 Å². The van der Waals surface area contributed by atoms with E-state index >= 15 is 0 Å². The third kappa shape index (κ3) is 3.24. The average Bonchev–Trinajstić information content (AvgIpc) is 2.88. The van der Waals surface area contributed by atoms with E-state index in [-0.39, 0.29) is 6.04 Å². The fourth-order valence-electron chi connectivity index (χ4n) is 2.44. The van der Waals surface area contributed by atoms with Gasteiger partial charge in [-0.15, -0.1) is 5.10 Å². The van der Waals surface area contributed by atoms with Crippen molar-refractivity contribution in [2.24, 2.45) is 0 Å². The lowest BCUT2D eigenvalue weighted by Gasteiger charge is -2.15. The fourth-order valence-corrected chi connectivity index (χ4v) is 2.60. The van der Waals surface area contributed by atoms with Gasteiger partial charge in [-0.1, -0.05) is 37.6 Å². The molecule has 0 saturated heterocycles. The van der Waals surface area contributed by atoms with Crippen LogP contribution < -0.4 is 5.32 Å². The molecule has 0 aliphatic rings. The molecule has 0 aliphatic heterocycles. The number of aromatic nitrogens is 3. The minimum atomic E-state index is -0.398. The number of nitrogens with one attached hydrogen (secondary N) is 1. The van der Waals surface area contributed by atoms with Crippen LogP contribution in [-0.4, -0.2) is 21.5 Å². The lowest BCUT2D eigenvalue weighted by Crippen LogP contribution is -2.22. The van der Waals surface area contributed by atoms with Gasteiger partial charge in [-0.25, -0.2) is 9.07 Å². The molecule has 0 radical (unpaired) electrons. The van der Waals surface area contributed by atoms with Gasteiger partial charge in [0.2, 0.25) is 0 Å². The Kier molecular flexibility index (Phi) is 5.31. The molecule has 21 heavy (non-hydrogen) atoms. The fraction of sp³-hybridized carbons (Fsp3) is 0.467. The summed E-state index contributed by atoms with van der Waals surface area (Å²) in [5.41, 5.74) is 2.18. The van der Waals surface area contributed by atoms with Gasteiger partial charge < -0.3 is 5.32 Å². The molecule has 0 bridgehead atoms.